The lowest BCUT2D eigenvalue weighted by Gasteiger charge is -2.48. The van der Waals surface area contributed by atoms with Crippen LogP contribution in [0.1, 0.15) is 20.7 Å². The van der Waals surface area contributed by atoms with E-state index in [2.05, 4.69) is 48.9 Å². The standard InChI is InChI=1S/C32H17Br2N3O2S/c33-20-10-3-1-8-18(20)31(38)35-22-12-5-13-23-28(22)37-29-24(35)14-6-16-26(29)40-27-17-7-15-25(30(27)37)36(23)32(39)19-9-2-4-11-21(19)34/h1-17H. The fraction of sp³-hybridized carbons (Fsp3) is 0. The number of anilines is 7. The fourth-order valence-corrected chi connectivity index (χ4v) is 7.79. The summed E-state index contributed by atoms with van der Waals surface area (Å²) in [6.45, 7) is 0. The van der Waals surface area contributed by atoms with Crippen molar-refractivity contribution < 1.29 is 9.59 Å². The monoisotopic (exact) mass is 665 g/mol. The Kier molecular flexibility index (Phi) is 5.29. The van der Waals surface area contributed by atoms with Crippen molar-refractivity contribution in [3.05, 3.63) is 123 Å². The molecule has 0 aromatic heterocycles. The van der Waals surface area contributed by atoms with Gasteiger partial charge in [0.15, 0.2) is 0 Å². The van der Waals surface area contributed by atoms with E-state index >= 15 is 0 Å². The van der Waals surface area contributed by atoms with Gasteiger partial charge >= 0.3 is 0 Å². The molecular weight excluding hydrogens is 650 g/mol. The van der Waals surface area contributed by atoms with Crippen molar-refractivity contribution in [2.45, 2.75) is 9.79 Å². The van der Waals surface area contributed by atoms with Gasteiger partial charge in [-0.1, -0.05) is 54.2 Å². The zero-order chi connectivity index (χ0) is 27.1. The van der Waals surface area contributed by atoms with Gasteiger partial charge in [0.25, 0.3) is 11.8 Å². The zero-order valence-corrected chi connectivity index (χ0v) is 24.6. The van der Waals surface area contributed by atoms with E-state index in [1.165, 1.54) is 0 Å². The van der Waals surface area contributed by atoms with Crippen LogP contribution < -0.4 is 14.7 Å². The predicted octanol–water partition coefficient (Wildman–Crippen LogP) is 9.73. The second-order valence-corrected chi connectivity index (χ2v) is 12.4. The zero-order valence-electron chi connectivity index (χ0n) is 20.6. The number of hydrogen-bond donors (Lipinski definition) is 0. The molecule has 192 valence electrons. The second-order valence-electron chi connectivity index (χ2n) is 9.57. The maximum Gasteiger partial charge on any atom is 0.264 e. The van der Waals surface area contributed by atoms with Gasteiger partial charge in [0.05, 0.1) is 50.9 Å². The molecule has 5 nitrogen and oxygen atoms in total. The van der Waals surface area contributed by atoms with Gasteiger partial charge in [-0.3, -0.25) is 19.4 Å². The molecule has 0 aliphatic carbocycles. The largest absolute Gasteiger partial charge is 0.300 e. The van der Waals surface area contributed by atoms with E-state index in [9.17, 15) is 9.59 Å². The van der Waals surface area contributed by atoms with Crippen molar-refractivity contribution >= 4 is 95.2 Å². The lowest BCUT2D eigenvalue weighted by molar-refractivity contribution is 0.0992. The van der Waals surface area contributed by atoms with Gasteiger partial charge in [-0.15, -0.1) is 0 Å². The third-order valence-corrected chi connectivity index (χ3v) is 9.90. The molecule has 0 unspecified atom stereocenters. The lowest BCUT2D eigenvalue weighted by Crippen LogP contribution is -2.39. The van der Waals surface area contributed by atoms with E-state index in [0.29, 0.717) is 11.1 Å². The molecule has 3 heterocycles. The predicted molar refractivity (Wildman–Crippen MR) is 166 cm³/mol. The van der Waals surface area contributed by atoms with Crippen LogP contribution in [-0.4, -0.2) is 11.8 Å². The summed E-state index contributed by atoms with van der Waals surface area (Å²) in [5.41, 5.74) is 6.88. The molecule has 0 N–H and O–H groups in total. The molecule has 0 saturated heterocycles. The van der Waals surface area contributed by atoms with Crippen molar-refractivity contribution in [2.24, 2.45) is 0 Å². The molecule has 5 aromatic rings. The summed E-state index contributed by atoms with van der Waals surface area (Å²) in [6, 6.07) is 32.9. The summed E-state index contributed by atoms with van der Waals surface area (Å²) in [5.74, 6) is -0.292. The van der Waals surface area contributed by atoms with Gasteiger partial charge in [0.1, 0.15) is 0 Å². The molecule has 8 heteroatoms. The number of halogens is 2. The molecule has 5 aromatic carbocycles. The summed E-state index contributed by atoms with van der Waals surface area (Å²) < 4.78 is 1.45. The second kappa shape index (κ2) is 8.83. The quantitative estimate of drug-likeness (QED) is 0.185. The highest BCUT2D eigenvalue weighted by atomic mass is 79.9. The van der Waals surface area contributed by atoms with Gasteiger partial charge in [0, 0.05) is 18.7 Å². The van der Waals surface area contributed by atoms with Crippen molar-refractivity contribution in [3.8, 4) is 0 Å². The molecule has 2 amide bonds. The Labute approximate surface area is 251 Å². The summed E-state index contributed by atoms with van der Waals surface area (Å²) in [5, 5.41) is 0. The first-order chi connectivity index (χ1) is 19.5. The van der Waals surface area contributed by atoms with Crippen molar-refractivity contribution in [1.82, 2.24) is 0 Å². The van der Waals surface area contributed by atoms with E-state index < -0.39 is 0 Å². The van der Waals surface area contributed by atoms with Crippen LogP contribution in [0.2, 0.25) is 0 Å². The van der Waals surface area contributed by atoms with Gasteiger partial charge < -0.3 is 4.90 Å². The van der Waals surface area contributed by atoms with Gasteiger partial charge in [-0.05, 0) is 92.5 Å². The van der Waals surface area contributed by atoms with Gasteiger partial charge in [-0.25, -0.2) is 0 Å². The summed E-state index contributed by atoms with van der Waals surface area (Å²) in [6.07, 6.45) is 0. The average Bonchev–Trinajstić information content (AvgIpc) is 2.97. The maximum absolute atomic E-state index is 14.3. The van der Waals surface area contributed by atoms with Crippen LogP contribution in [0.4, 0.5) is 39.8 Å². The number of amides is 2. The normalized spacial score (nSPS) is 13.7. The Hall–Kier alpha value is -3.85. The third-order valence-electron chi connectivity index (χ3n) is 7.42. The Bertz CT molecular complexity index is 1810. The minimum Gasteiger partial charge on any atom is -0.300 e. The number of nitrogens with zero attached hydrogens (tertiary/aromatic N) is 3. The lowest BCUT2D eigenvalue weighted by atomic mass is 9.98. The first-order valence-corrected chi connectivity index (χ1v) is 15.0. The third kappa shape index (κ3) is 3.21. The average molecular weight is 667 g/mol. The fourth-order valence-electron chi connectivity index (χ4n) is 5.77. The van der Waals surface area contributed by atoms with Crippen LogP contribution in [0.15, 0.2) is 122 Å². The van der Waals surface area contributed by atoms with E-state index in [-0.39, 0.29) is 11.8 Å². The number of para-hydroxylation sites is 3. The maximum atomic E-state index is 14.3. The summed E-state index contributed by atoms with van der Waals surface area (Å²) in [7, 11) is 0. The van der Waals surface area contributed by atoms with Gasteiger partial charge in [0.2, 0.25) is 0 Å². The molecule has 0 spiro atoms. The highest BCUT2D eigenvalue weighted by molar-refractivity contribution is 9.10. The molecule has 8 rings (SSSR count). The van der Waals surface area contributed by atoms with Crippen molar-refractivity contribution in [3.63, 3.8) is 0 Å². The molecular formula is C32H17Br2N3O2S. The van der Waals surface area contributed by atoms with E-state index in [0.717, 1.165) is 58.5 Å². The number of rotatable bonds is 2. The highest BCUT2D eigenvalue weighted by Gasteiger charge is 2.45. The van der Waals surface area contributed by atoms with Crippen LogP contribution >= 0.6 is 43.6 Å². The number of carbonyl (C=O) groups excluding carboxylic acids is 2. The Balaban J connectivity index is 1.44. The minimum atomic E-state index is -0.146. The Morgan fingerprint density at radius 2 is 0.900 bits per heavy atom. The van der Waals surface area contributed by atoms with Crippen LogP contribution in [0, 0.1) is 0 Å². The van der Waals surface area contributed by atoms with Crippen molar-refractivity contribution in [1.29, 1.82) is 0 Å². The van der Waals surface area contributed by atoms with Crippen LogP contribution in [0.3, 0.4) is 0 Å². The number of carbonyl (C=O) groups is 2. The van der Waals surface area contributed by atoms with Crippen LogP contribution in [-0.2, 0) is 0 Å². The van der Waals surface area contributed by atoms with Gasteiger partial charge in [-0.2, -0.15) is 0 Å². The van der Waals surface area contributed by atoms with E-state index in [4.69, 9.17) is 0 Å². The number of hydrogen-bond acceptors (Lipinski definition) is 4. The molecule has 0 atom stereocenters. The first-order valence-electron chi connectivity index (χ1n) is 12.6. The SMILES string of the molecule is O=C(c1ccccc1Br)N1c2cccc3c2N2c4c(cccc4N(C(=O)c4ccccc4Br)c4cccc1c42)S3. The molecule has 0 fully saturated rings. The molecule has 0 bridgehead atoms. The van der Waals surface area contributed by atoms with Crippen LogP contribution in [0.25, 0.3) is 0 Å². The van der Waals surface area contributed by atoms with E-state index in [1.807, 2.05) is 91.0 Å². The molecule has 3 aliphatic heterocycles. The summed E-state index contributed by atoms with van der Waals surface area (Å²) >= 11 is 8.82. The Morgan fingerprint density at radius 1 is 0.500 bits per heavy atom. The van der Waals surface area contributed by atoms with E-state index in [1.54, 1.807) is 21.6 Å². The molecule has 40 heavy (non-hydrogen) atoms. The molecule has 3 aliphatic rings. The summed E-state index contributed by atoms with van der Waals surface area (Å²) in [4.78, 5) is 36.5. The molecule has 0 radical (unpaired) electrons. The number of benzene rings is 5. The van der Waals surface area contributed by atoms with Crippen LogP contribution in [0.5, 0.6) is 0 Å². The highest BCUT2D eigenvalue weighted by Crippen LogP contribution is 2.67. The molecule has 0 saturated carbocycles. The minimum absolute atomic E-state index is 0.146. The topological polar surface area (TPSA) is 43.9 Å². The smallest absolute Gasteiger partial charge is 0.264 e. The van der Waals surface area contributed by atoms with Crippen molar-refractivity contribution in [2.75, 3.05) is 14.7 Å². The first kappa shape index (κ1) is 24.0. The Morgan fingerprint density at radius 3 is 1.35 bits per heavy atom.